The highest BCUT2D eigenvalue weighted by Crippen LogP contribution is 2.31. The lowest BCUT2D eigenvalue weighted by molar-refractivity contribution is -0.148. The first-order chi connectivity index (χ1) is 12.2. The van der Waals surface area contributed by atoms with Gasteiger partial charge in [0.15, 0.2) is 0 Å². The highest BCUT2D eigenvalue weighted by molar-refractivity contribution is 7.92. The van der Waals surface area contributed by atoms with E-state index in [2.05, 4.69) is 4.72 Å². The van der Waals surface area contributed by atoms with Gasteiger partial charge in [-0.15, -0.1) is 0 Å². The van der Waals surface area contributed by atoms with Crippen LogP contribution in [0.3, 0.4) is 0 Å². The minimum Gasteiger partial charge on any atom is -0.437 e. The van der Waals surface area contributed by atoms with Crippen molar-refractivity contribution in [3.63, 3.8) is 0 Å². The lowest BCUT2D eigenvalue weighted by Crippen LogP contribution is -2.16. The monoisotopic (exact) mass is 392 g/mol. The van der Waals surface area contributed by atoms with Gasteiger partial charge in [-0.1, -0.05) is 29.8 Å². The van der Waals surface area contributed by atoms with Gasteiger partial charge in [-0.3, -0.25) is 9.52 Å². The summed E-state index contributed by atoms with van der Waals surface area (Å²) in [5.74, 6) is -0.433. The van der Waals surface area contributed by atoms with Crippen LogP contribution < -0.4 is 4.72 Å². The number of rotatable bonds is 5. The molecule has 3 rings (SSSR count). The summed E-state index contributed by atoms with van der Waals surface area (Å²) in [4.78, 5) is 11.6. The van der Waals surface area contributed by atoms with Gasteiger partial charge in [-0.25, -0.2) is 8.42 Å². The molecule has 1 unspecified atom stereocenters. The number of fused-ring (bicyclic) bond motifs is 1. The van der Waals surface area contributed by atoms with Crippen LogP contribution in [-0.4, -0.2) is 25.2 Å². The summed E-state index contributed by atoms with van der Waals surface area (Å²) in [7, 11) is -3.41. The predicted octanol–water partition coefficient (Wildman–Crippen LogP) is 3.78. The number of ether oxygens (including phenoxy) is 1. The SMILES string of the molecule is CC(=O)OC(c1ccc(Cl)cc1)n1ccc2c(NS(C)(=O)=O)cccc21. The molecular weight excluding hydrogens is 376 g/mol. The molecule has 6 nitrogen and oxygen atoms in total. The van der Waals surface area contributed by atoms with Crippen LogP contribution in [0, 0.1) is 0 Å². The molecule has 26 heavy (non-hydrogen) atoms. The summed E-state index contributed by atoms with van der Waals surface area (Å²) in [6, 6.07) is 14.0. The van der Waals surface area contributed by atoms with Crippen LogP contribution in [0.4, 0.5) is 5.69 Å². The fraction of sp³-hybridized carbons (Fsp3) is 0.167. The fourth-order valence-electron chi connectivity index (χ4n) is 2.75. The van der Waals surface area contributed by atoms with Crippen LogP contribution in [0.25, 0.3) is 10.9 Å². The Bertz CT molecular complexity index is 1060. The van der Waals surface area contributed by atoms with E-state index in [1.54, 1.807) is 53.2 Å². The van der Waals surface area contributed by atoms with Crippen LogP contribution in [-0.2, 0) is 19.6 Å². The van der Waals surface area contributed by atoms with Gasteiger partial charge in [-0.2, -0.15) is 0 Å². The third kappa shape index (κ3) is 4.00. The first-order valence-corrected chi connectivity index (χ1v) is 10.0. The quantitative estimate of drug-likeness (QED) is 0.670. The number of nitrogens with one attached hydrogen (secondary N) is 1. The molecule has 0 saturated carbocycles. The summed E-state index contributed by atoms with van der Waals surface area (Å²) in [6.07, 6.45) is 2.15. The smallest absolute Gasteiger partial charge is 0.304 e. The zero-order chi connectivity index (χ0) is 18.9. The van der Waals surface area contributed by atoms with Crippen LogP contribution in [0.15, 0.2) is 54.7 Å². The second kappa shape index (κ2) is 7.01. The van der Waals surface area contributed by atoms with E-state index in [4.69, 9.17) is 16.3 Å². The molecule has 2 aromatic carbocycles. The molecule has 0 aliphatic rings. The van der Waals surface area contributed by atoms with Crippen molar-refractivity contribution in [2.45, 2.75) is 13.2 Å². The third-order valence-electron chi connectivity index (χ3n) is 3.74. The molecule has 136 valence electrons. The number of hydrogen-bond donors (Lipinski definition) is 1. The van der Waals surface area contributed by atoms with Crippen LogP contribution >= 0.6 is 11.6 Å². The molecule has 0 aliphatic carbocycles. The summed E-state index contributed by atoms with van der Waals surface area (Å²) in [6.45, 7) is 1.34. The molecule has 3 aromatic rings. The van der Waals surface area contributed by atoms with Gasteiger partial charge in [0.2, 0.25) is 16.3 Å². The predicted molar refractivity (Wildman–Crippen MR) is 102 cm³/mol. The maximum Gasteiger partial charge on any atom is 0.304 e. The summed E-state index contributed by atoms with van der Waals surface area (Å²) in [5, 5.41) is 1.27. The van der Waals surface area contributed by atoms with E-state index in [1.807, 2.05) is 6.07 Å². The number of aromatic nitrogens is 1. The molecule has 0 bridgehead atoms. The number of hydrogen-bond acceptors (Lipinski definition) is 4. The number of carbonyl (C=O) groups is 1. The van der Waals surface area contributed by atoms with E-state index in [0.29, 0.717) is 16.1 Å². The van der Waals surface area contributed by atoms with Crippen molar-refractivity contribution in [3.8, 4) is 0 Å². The number of anilines is 1. The third-order valence-corrected chi connectivity index (χ3v) is 4.59. The van der Waals surface area contributed by atoms with E-state index >= 15 is 0 Å². The minimum atomic E-state index is -3.41. The number of benzene rings is 2. The van der Waals surface area contributed by atoms with Crippen molar-refractivity contribution in [2.24, 2.45) is 0 Å². The van der Waals surface area contributed by atoms with Crippen molar-refractivity contribution in [3.05, 3.63) is 65.3 Å². The van der Waals surface area contributed by atoms with Crippen molar-refractivity contribution in [1.29, 1.82) is 0 Å². The Labute approximate surface area is 156 Å². The zero-order valence-corrected chi connectivity index (χ0v) is 15.7. The molecule has 0 fully saturated rings. The van der Waals surface area contributed by atoms with Crippen molar-refractivity contribution in [1.82, 2.24) is 4.57 Å². The zero-order valence-electron chi connectivity index (χ0n) is 14.1. The van der Waals surface area contributed by atoms with Gasteiger partial charge < -0.3 is 9.30 Å². The van der Waals surface area contributed by atoms with Gasteiger partial charge in [-0.05, 0) is 30.3 Å². The van der Waals surface area contributed by atoms with E-state index in [-0.39, 0.29) is 0 Å². The Balaban J connectivity index is 2.12. The van der Waals surface area contributed by atoms with Gasteiger partial charge in [0, 0.05) is 29.1 Å². The van der Waals surface area contributed by atoms with E-state index in [0.717, 1.165) is 17.3 Å². The van der Waals surface area contributed by atoms with Crippen LogP contribution in [0.2, 0.25) is 5.02 Å². The number of halogens is 1. The highest BCUT2D eigenvalue weighted by Gasteiger charge is 2.20. The summed E-state index contributed by atoms with van der Waals surface area (Å²) < 4.78 is 32.9. The molecule has 0 radical (unpaired) electrons. The molecule has 1 heterocycles. The van der Waals surface area contributed by atoms with Gasteiger partial charge in [0.1, 0.15) is 0 Å². The number of sulfonamides is 1. The Morgan fingerprint density at radius 3 is 2.46 bits per heavy atom. The Kier molecular flexibility index (Phi) is 4.93. The second-order valence-electron chi connectivity index (χ2n) is 5.85. The summed E-state index contributed by atoms with van der Waals surface area (Å²) >= 11 is 5.94. The Morgan fingerprint density at radius 2 is 1.85 bits per heavy atom. The van der Waals surface area contributed by atoms with Crippen molar-refractivity contribution < 1.29 is 17.9 Å². The normalized spacial score (nSPS) is 12.7. The number of carbonyl (C=O) groups excluding carboxylic acids is 1. The molecular formula is C18H17ClN2O4S. The number of esters is 1. The molecule has 0 aliphatic heterocycles. The summed E-state index contributed by atoms with van der Waals surface area (Å²) in [5.41, 5.74) is 1.92. The van der Waals surface area contributed by atoms with E-state index < -0.39 is 22.2 Å². The molecule has 0 amide bonds. The topological polar surface area (TPSA) is 77.4 Å². The van der Waals surface area contributed by atoms with E-state index in [1.165, 1.54) is 6.92 Å². The fourth-order valence-corrected chi connectivity index (χ4v) is 3.46. The molecule has 1 N–H and O–H groups in total. The first-order valence-electron chi connectivity index (χ1n) is 7.74. The van der Waals surface area contributed by atoms with Gasteiger partial charge in [0.05, 0.1) is 17.5 Å². The molecule has 0 spiro atoms. The maximum absolute atomic E-state index is 11.6. The lowest BCUT2D eigenvalue weighted by Gasteiger charge is -2.20. The molecule has 0 saturated heterocycles. The van der Waals surface area contributed by atoms with Crippen LogP contribution in [0.5, 0.6) is 0 Å². The Hall–Kier alpha value is -2.51. The molecule has 1 atom stereocenters. The highest BCUT2D eigenvalue weighted by atomic mass is 35.5. The van der Waals surface area contributed by atoms with Crippen LogP contribution in [0.1, 0.15) is 18.7 Å². The number of nitrogens with zero attached hydrogens (tertiary/aromatic N) is 1. The van der Waals surface area contributed by atoms with Gasteiger partial charge >= 0.3 is 5.97 Å². The average molecular weight is 393 g/mol. The van der Waals surface area contributed by atoms with Gasteiger partial charge in [0.25, 0.3) is 0 Å². The molecule has 1 aromatic heterocycles. The average Bonchev–Trinajstić information content (AvgIpc) is 2.97. The Morgan fingerprint density at radius 1 is 1.15 bits per heavy atom. The minimum absolute atomic E-state index is 0.433. The largest absolute Gasteiger partial charge is 0.437 e. The maximum atomic E-state index is 11.6. The lowest BCUT2D eigenvalue weighted by atomic mass is 10.2. The second-order valence-corrected chi connectivity index (χ2v) is 8.03. The molecule has 8 heteroatoms. The standard InChI is InChI=1S/C18H17ClN2O4S/c1-12(22)25-18(13-6-8-14(19)9-7-13)21-11-10-15-16(20-26(2,23)24)4-3-5-17(15)21/h3-11,18,20H,1-2H3. The first kappa shape index (κ1) is 18.3. The van der Waals surface area contributed by atoms with Crippen molar-refractivity contribution in [2.75, 3.05) is 11.0 Å². The van der Waals surface area contributed by atoms with E-state index in [9.17, 15) is 13.2 Å². The van der Waals surface area contributed by atoms with Crippen molar-refractivity contribution >= 4 is 44.2 Å².